The molecule has 0 atom stereocenters. The summed E-state index contributed by atoms with van der Waals surface area (Å²) in [6, 6.07) is 0. The van der Waals surface area contributed by atoms with E-state index in [0.29, 0.717) is 6.61 Å². The van der Waals surface area contributed by atoms with Crippen LogP contribution in [-0.2, 0) is 24.2 Å². The predicted octanol–water partition coefficient (Wildman–Crippen LogP) is 3.38. The number of hydrogen-bond acceptors (Lipinski definition) is 6. The molecule has 0 bridgehead atoms. The average Bonchev–Trinajstić information content (AvgIpc) is 3.10. The van der Waals surface area contributed by atoms with Crippen molar-refractivity contribution >= 4 is 37.6 Å². The summed E-state index contributed by atoms with van der Waals surface area (Å²) in [5.74, 6) is 0.937. The standard InChI is InChI=1S/C23H33N5OS/c1-6-9-17-16-13-29-23(4,5)12-15(16)18-19-20(30-22(18)27-17)21(26-14-25-19)24-10-11-28(7-2)8-3/h14H,6-13H2,1-5H3,(H,24,25,26)/p+1. The van der Waals surface area contributed by atoms with Crippen LogP contribution >= 0.6 is 11.3 Å². The fourth-order valence-electron chi connectivity index (χ4n) is 4.40. The van der Waals surface area contributed by atoms with Crippen molar-refractivity contribution in [1.82, 2.24) is 15.0 Å². The third-order valence-electron chi connectivity index (χ3n) is 6.17. The lowest BCUT2D eigenvalue weighted by atomic mass is 9.88. The quantitative estimate of drug-likeness (QED) is 0.576. The Bertz CT molecular complexity index is 1040. The van der Waals surface area contributed by atoms with Crippen LogP contribution in [0.4, 0.5) is 5.82 Å². The van der Waals surface area contributed by atoms with Gasteiger partial charge in [0.05, 0.1) is 48.6 Å². The van der Waals surface area contributed by atoms with Crippen molar-refractivity contribution in [3.8, 4) is 0 Å². The first-order valence-corrected chi connectivity index (χ1v) is 12.1. The van der Waals surface area contributed by atoms with E-state index < -0.39 is 0 Å². The van der Waals surface area contributed by atoms with Crippen LogP contribution < -0.4 is 10.2 Å². The van der Waals surface area contributed by atoms with Crippen LogP contribution in [0.3, 0.4) is 0 Å². The minimum absolute atomic E-state index is 0.167. The topological polar surface area (TPSA) is 64.4 Å². The van der Waals surface area contributed by atoms with Crippen LogP contribution in [-0.4, -0.2) is 46.7 Å². The Morgan fingerprint density at radius 2 is 1.97 bits per heavy atom. The number of hydrogen-bond donors (Lipinski definition) is 2. The Balaban J connectivity index is 1.79. The summed E-state index contributed by atoms with van der Waals surface area (Å²) in [5.41, 5.74) is 4.71. The van der Waals surface area contributed by atoms with E-state index in [-0.39, 0.29) is 5.60 Å². The van der Waals surface area contributed by atoms with E-state index in [1.165, 1.54) is 22.2 Å². The summed E-state index contributed by atoms with van der Waals surface area (Å²) in [6.45, 7) is 16.0. The van der Waals surface area contributed by atoms with Crippen LogP contribution in [0.2, 0.25) is 0 Å². The van der Waals surface area contributed by atoms with E-state index in [1.807, 2.05) is 0 Å². The molecule has 2 N–H and O–H groups in total. The number of nitrogens with one attached hydrogen (secondary N) is 2. The van der Waals surface area contributed by atoms with E-state index in [1.54, 1.807) is 22.6 Å². The molecule has 30 heavy (non-hydrogen) atoms. The van der Waals surface area contributed by atoms with Crippen LogP contribution in [0.15, 0.2) is 6.33 Å². The molecule has 0 saturated heterocycles. The maximum absolute atomic E-state index is 6.15. The third-order valence-corrected chi connectivity index (χ3v) is 7.25. The lowest BCUT2D eigenvalue weighted by molar-refractivity contribution is -0.894. The number of anilines is 1. The fraction of sp³-hybridized carbons (Fsp3) is 0.609. The summed E-state index contributed by atoms with van der Waals surface area (Å²) in [7, 11) is 0. The van der Waals surface area contributed by atoms with Crippen molar-refractivity contribution in [2.24, 2.45) is 0 Å². The first kappa shape index (κ1) is 21.4. The van der Waals surface area contributed by atoms with Crippen molar-refractivity contribution in [2.45, 2.75) is 66.1 Å². The van der Waals surface area contributed by atoms with E-state index in [0.717, 1.165) is 66.3 Å². The van der Waals surface area contributed by atoms with Gasteiger partial charge in [0.15, 0.2) is 0 Å². The zero-order valence-electron chi connectivity index (χ0n) is 18.9. The molecule has 1 aliphatic rings. The van der Waals surface area contributed by atoms with Gasteiger partial charge in [-0.1, -0.05) is 13.3 Å². The average molecular weight is 429 g/mol. The van der Waals surface area contributed by atoms with Gasteiger partial charge in [0.25, 0.3) is 0 Å². The van der Waals surface area contributed by atoms with Crippen molar-refractivity contribution in [3.63, 3.8) is 0 Å². The molecular formula is C23H34N5OS+. The highest BCUT2D eigenvalue weighted by Gasteiger charge is 2.31. The minimum atomic E-state index is -0.167. The van der Waals surface area contributed by atoms with Gasteiger partial charge in [0.2, 0.25) is 0 Å². The molecule has 0 spiro atoms. The van der Waals surface area contributed by atoms with Crippen LogP contribution in [0.1, 0.15) is 57.9 Å². The molecule has 0 radical (unpaired) electrons. The Kier molecular flexibility index (Phi) is 6.23. The molecule has 7 heteroatoms. The number of aryl methyl sites for hydroxylation is 1. The lowest BCUT2D eigenvalue weighted by Gasteiger charge is -2.33. The van der Waals surface area contributed by atoms with Crippen molar-refractivity contribution in [3.05, 3.63) is 23.1 Å². The van der Waals surface area contributed by atoms with Gasteiger partial charge in [-0.05, 0) is 39.7 Å². The van der Waals surface area contributed by atoms with Crippen molar-refractivity contribution < 1.29 is 9.64 Å². The second-order valence-corrected chi connectivity index (χ2v) is 9.81. The highest BCUT2D eigenvalue weighted by molar-refractivity contribution is 7.26. The van der Waals surface area contributed by atoms with Gasteiger partial charge < -0.3 is 15.0 Å². The number of pyridine rings is 1. The summed E-state index contributed by atoms with van der Waals surface area (Å²) < 4.78 is 7.27. The first-order chi connectivity index (χ1) is 14.5. The maximum atomic E-state index is 6.15. The summed E-state index contributed by atoms with van der Waals surface area (Å²) in [5, 5.41) is 4.78. The molecule has 162 valence electrons. The number of thiophene rings is 1. The first-order valence-electron chi connectivity index (χ1n) is 11.3. The van der Waals surface area contributed by atoms with Gasteiger partial charge in [-0.15, -0.1) is 11.3 Å². The SMILES string of the molecule is CCCc1nc2sc3c(NCC[NH+](CC)CC)ncnc3c2c2c1COC(C)(C)C2. The van der Waals surface area contributed by atoms with Gasteiger partial charge in [-0.2, -0.15) is 0 Å². The normalized spacial score (nSPS) is 15.8. The van der Waals surface area contributed by atoms with Crippen molar-refractivity contribution in [2.75, 3.05) is 31.5 Å². The number of rotatable bonds is 8. The highest BCUT2D eigenvalue weighted by Crippen LogP contribution is 2.42. The molecule has 0 unspecified atom stereocenters. The molecular weight excluding hydrogens is 394 g/mol. The number of likely N-dealkylation sites (N-methyl/N-ethyl adjacent to an activating group) is 1. The number of fused-ring (bicyclic) bond motifs is 5. The molecule has 0 saturated carbocycles. The summed E-state index contributed by atoms with van der Waals surface area (Å²) in [4.78, 5) is 17.0. The Hall–Kier alpha value is -1.83. The molecule has 6 nitrogen and oxygen atoms in total. The monoisotopic (exact) mass is 428 g/mol. The molecule has 4 heterocycles. The minimum Gasteiger partial charge on any atom is -0.370 e. The second-order valence-electron chi connectivity index (χ2n) is 8.81. The molecule has 4 rings (SSSR count). The number of ether oxygens (including phenoxy) is 1. The van der Waals surface area contributed by atoms with Gasteiger partial charge >= 0.3 is 0 Å². The second kappa shape index (κ2) is 8.73. The summed E-state index contributed by atoms with van der Waals surface area (Å²) in [6.07, 6.45) is 4.65. The fourth-order valence-corrected chi connectivity index (χ4v) is 5.55. The van der Waals surface area contributed by atoms with Gasteiger partial charge in [-0.3, -0.25) is 0 Å². The summed E-state index contributed by atoms with van der Waals surface area (Å²) >= 11 is 1.73. The van der Waals surface area contributed by atoms with Crippen molar-refractivity contribution in [1.29, 1.82) is 0 Å². The zero-order chi connectivity index (χ0) is 21.3. The lowest BCUT2D eigenvalue weighted by Crippen LogP contribution is -3.12. The van der Waals surface area contributed by atoms with Gasteiger partial charge in [-0.25, -0.2) is 15.0 Å². The van der Waals surface area contributed by atoms with Gasteiger partial charge in [0, 0.05) is 23.1 Å². The Labute approximate surface area is 183 Å². The van der Waals surface area contributed by atoms with E-state index >= 15 is 0 Å². The third kappa shape index (κ3) is 4.03. The molecule has 0 aliphatic carbocycles. The molecule has 0 amide bonds. The molecule has 3 aromatic heterocycles. The molecule has 1 aliphatic heterocycles. The van der Waals surface area contributed by atoms with Crippen LogP contribution in [0, 0.1) is 0 Å². The van der Waals surface area contributed by atoms with E-state index in [9.17, 15) is 0 Å². The largest absolute Gasteiger partial charge is 0.370 e. The molecule has 0 aromatic carbocycles. The number of aromatic nitrogens is 3. The Morgan fingerprint density at radius 1 is 1.17 bits per heavy atom. The predicted molar refractivity (Wildman–Crippen MR) is 125 cm³/mol. The van der Waals surface area contributed by atoms with Crippen LogP contribution in [0.25, 0.3) is 20.4 Å². The molecule has 3 aromatic rings. The maximum Gasteiger partial charge on any atom is 0.147 e. The molecule has 0 fully saturated rings. The zero-order valence-corrected chi connectivity index (χ0v) is 19.7. The smallest absolute Gasteiger partial charge is 0.147 e. The highest BCUT2D eigenvalue weighted by atomic mass is 32.1. The van der Waals surface area contributed by atoms with E-state index in [4.69, 9.17) is 14.7 Å². The van der Waals surface area contributed by atoms with E-state index in [2.05, 4.69) is 44.9 Å². The van der Waals surface area contributed by atoms with Crippen LogP contribution in [0.5, 0.6) is 0 Å². The number of nitrogens with zero attached hydrogens (tertiary/aromatic N) is 3. The Morgan fingerprint density at radius 3 is 2.70 bits per heavy atom. The van der Waals surface area contributed by atoms with Gasteiger partial charge in [0.1, 0.15) is 17.0 Å². The number of quaternary nitrogens is 1.